The number of amides is 2. The van der Waals surface area contributed by atoms with E-state index in [0.29, 0.717) is 13.1 Å². The second kappa shape index (κ2) is 6.93. The second-order valence-electron chi connectivity index (χ2n) is 2.22. The number of carbonyl (C=O) groups excluding carboxylic acids is 2. The average Bonchev–Trinajstić information content (AvgIpc) is 2.08. The number of hydrogen-bond donors (Lipinski definition) is 2. The van der Waals surface area contributed by atoms with Crippen molar-refractivity contribution < 1.29 is 9.59 Å². The average molecular weight is 185 g/mol. The van der Waals surface area contributed by atoms with Gasteiger partial charge in [-0.05, 0) is 5.53 Å². The van der Waals surface area contributed by atoms with Crippen LogP contribution >= 0.6 is 0 Å². The summed E-state index contributed by atoms with van der Waals surface area (Å²) in [5.74, 6) is -0.507. The number of carbonyl (C=O) groups is 2. The number of azide groups is 1. The Morgan fingerprint density at radius 2 is 2.00 bits per heavy atom. The lowest BCUT2D eigenvalue weighted by Crippen LogP contribution is -2.34. The molecular formula is C6H11N5O2. The lowest BCUT2D eigenvalue weighted by atomic mass is 10.5. The van der Waals surface area contributed by atoms with Gasteiger partial charge < -0.3 is 10.6 Å². The lowest BCUT2D eigenvalue weighted by Gasteiger charge is -2.02. The maximum atomic E-state index is 10.8. The highest BCUT2D eigenvalue weighted by Gasteiger charge is 1.97. The zero-order chi connectivity index (χ0) is 10.1. The fourth-order valence-corrected chi connectivity index (χ4v) is 0.592. The van der Waals surface area contributed by atoms with Crippen LogP contribution in [0.5, 0.6) is 0 Å². The van der Waals surface area contributed by atoms with Crippen molar-refractivity contribution in [2.75, 3.05) is 19.6 Å². The molecule has 0 aromatic rings. The van der Waals surface area contributed by atoms with Crippen LogP contribution in [0.4, 0.5) is 0 Å². The van der Waals surface area contributed by atoms with E-state index >= 15 is 0 Å². The Hall–Kier alpha value is -1.75. The summed E-state index contributed by atoms with van der Waals surface area (Å²) < 4.78 is 0. The van der Waals surface area contributed by atoms with E-state index in [0.717, 1.165) is 0 Å². The van der Waals surface area contributed by atoms with E-state index < -0.39 is 0 Å². The Balaban J connectivity index is 3.37. The summed E-state index contributed by atoms with van der Waals surface area (Å²) in [5.41, 5.74) is 7.88. The van der Waals surface area contributed by atoms with E-state index in [9.17, 15) is 9.59 Å². The normalized spacial score (nSPS) is 8.38. The molecule has 0 aliphatic carbocycles. The van der Waals surface area contributed by atoms with E-state index in [1.165, 1.54) is 6.92 Å². The van der Waals surface area contributed by atoms with Gasteiger partial charge in [0, 0.05) is 24.9 Å². The molecule has 0 saturated carbocycles. The Morgan fingerprint density at radius 1 is 1.38 bits per heavy atom. The van der Waals surface area contributed by atoms with Crippen molar-refractivity contribution in [3.63, 3.8) is 0 Å². The van der Waals surface area contributed by atoms with Crippen LogP contribution in [-0.2, 0) is 9.59 Å². The second-order valence-corrected chi connectivity index (χ2v) is 2.22. The van der Waals surface area contributed by atoms with Crippen molar-refractivity contribution >= 4 is 11.8 Å². The number of nitrogens with zero attached hydrogens (tertiary/aromatic N) is 3. The topological polar surface area (TPSA) is 107 Å². The van der Waals surface area contributed by atoms with Crippen LogP contribution in [0.15, 0.2) is 5.11 Å². The summed E-state index contributed by atoms with van der Waals surface area (Å²) in [7, 11) is 0. The molecule has 0 unspecified atom stereocenters. The van der Waals surface area contributed by atoms with Crippen molar-refractivity contribution in [3.05, 3.63) is 10.4 Å². The number of nitrogens with one attached hydrogen (secondary N) is 2. The fourth-order valence-electron chi connectivity index (χ4n) is 0.592. The van der Waals surface area contributed by atoms with Crippen LogP contribution in [-0.4, -0.2) is 31.4 Å². The van der Waals surface area contributed by atoms with Gasteiger partial charge in [-0.2, -0.15) is 0 Å². The van der Waals surface area contributed by atoms with Crippen LogP contribution in [0.2, 0.25) is 0 Å². The van der Waals surface area contributed by atoms with Crippen molar-refractivity contribution in [1.29, 1.82) is 0 Å². The van der Waals surface area contributed by atoms with Crippen LogP contribution in [0.1, 0.15) is 6.92 Å². The van der Waals surface area contributed by atoms with E-state index in [1.807, 2.05) is 0 Å². The van der Waals surface area contributed by atoms with E-state index in [2.05, 4.69) is 20.7 Å². The highest BCUT2D eigenvalue weighted by molar-refractivity contribution is 5.78. The van der Waals surface area contributed by atoms with Gasteiger partial charge in [0.05, 0.1) is 0 Å². The van der Waals surface area contributed by atoms with Crippen LogP contribution in [0.3, 0.4) is 0 Å². The highest BCUT2D eigenvalue weighted by atomic mass is 16.2. The number of rotatable bonds is 5. The van der Waals surface area contributed by atoms with Gasteiger partial charge in [-0.3, -0.25) is 9.59 Å². The molecule has 0 fully saturated rings. The standard InChI is InChI=1S/C6H11N5O2/c1-5(12)8-2-3-9-6(13)4-10-11-7/h2-4H2,1H3,(H,8,12)(H,9,13). The van der Waals surface area contributed by atoms with Crippen molar-refractivity contribution in [3.8, 4) is 0 Å². The van der Waals surface area contributed by atoms with Gasteiger partial charge in [-0.15, -0.1) is 0 Å². The molecule has 0 aromatic carbocycles. The summed E-state index contributed by atoms with van der Waals surface area (Å²) in [6.07, 6.45) is 0. The zero-order valence-corrected chi connectivity index (χ0v) is 7.28. The summed E-state index contributed by atoms with van der Waals surface area (Å²) >= 11 is 0. The molecule has 0 heterocycles. The molecule has 0 bridgehead atoms. The molecule has 0 aliphatic heterocycles. The SMILES string of the molecule is CC(=O)NCCNC(=O)CN=[N+]=[N-]. The van der Waals surface area contributed by atoms with Gasteiger partial charge in [-0.25, -0.2) is 0 Å². The molecule has 7 heteroatoms. The zero-order valence-electron chi connectivity index (χ0n) is 7.28. The first kappa shape index (κ1) is 11.2. The molecule has 0 aromatic heterocycles. The third-order valence-electron chi connectivity index (χ3n) is 1.10. The Kier molecular flexibility index (Phi) is 6.00. The maximum Gasteiger partial charge on any atom is 0.225 e. The summed E-state index contributed by atoms with van der Waals surface area (Å²) in [4.78, 5) is 23.6. The van der Waals surface area contributed by atoms with Gasteiger partial charge in [-0.1, -0.05) is 5.11 Å². The molecular weight excluding hydrogens is 174 g/mol. The molecule has 2 N–H and O–H groups in total. The monoisotopic (exact) mass is 185 g/mol. The van der Waals surface area contributed by atoms with Crippen LogP contribution < -0.4 is 10.6 Å². The van der Waals surface area contributed by atoms with E-state index in [-0.39, 0.29) is 18.4 Å². The third-order valence-corrected chi connectivity index (χ3v) is 1.10. The predicted molar refractivity (Wildman–Crippen MR) is 45.7 cm³/mol. The number of hydrogen-bond acceptors (Lipinski definition) is 3. The van der Waals surface area contributed by atoms with Gasteiger partial charge in [0.15, 0.2) is 0 Å². The van der Waals surface area contributed by atoms with Gasteiger partial charge in [0.2, 0.25) is 11.8 Å². The Morgan fingerprint density at radius 3 is 2.54 bits per heavy atom. The maximum absolute atomic E-state index is 10.8. The van der Waals surface area contributed by atoms with Crippen LogP contribution in [0, 0.1) is 0 Å². The fraction of sp³-hybridized carbons (Fsp3) is 0.667. The molecule has 7 nitrogen and oxygen atoms in total. The third kappa shape index (κ3) is 8.15. The molecule has 13 heavy (non-hydrogen) atoms. The van der Waals surface area contributed by atoms with E-state index in [1.54, 1.807) is 0 Å². The summed E-state index contributed by atoms with van der Waals surface area (Å²) in [6, 6.07) is 0. The van der Waals surface area contributed by atoms with Gasteiger partial charge in [0.1, 0.15) is 6.54 Å². The molecule has 2 amide bonds. The van der Waals surface area contributed by atoms with E-state index in [4.69, 9.17) is 5.53 Å². The molecule has 0 saturated heterocycles. The van der Waals surface area contributed by atoms with Gasteiger partial charge >= 0.3 is 0 Å². The first-order valence-corrected chi connectivity index (χ1v) is 3.69. The van der Waals surface area contributed by atoms with Crippen molar-refractivity contribution in [2.24, 2.45) is 5.11 Å². The predicted octanol–water partition coefficient (Wildman–Crippen LogP) is -0.451. The van der Waals surface area contributed by atoms with Crippen LogP contribution in [0.25, 0.3) is 10.4 Å². The Bertz CT molecular complexity index is 233. The minimum absolute atomic E-state index is 0.149. The molecule has 72 valence electrons. The van der Waals surface area contributed by atoms with Gasteiger partial charge in [0.25, 0.3) is 0 Å². The first-order chi connectivity index (χ1) is 6.16. The first-order valence-electron chi connectivity index (χ1n) is 3.69. The Labute approximate surface area is 75.1 Å². The molecule has 0 aliphatic rings. The largest absolute Gasteiger partial charge is 0.355 e. The summed E-state index contributed by atoms with van der Waals surface area (Å²) in [6.45, 7) is 1.88. The minimum Gasteiger partial charge on any atom is -0.355 e. The quantitative estimate of drug-likeness (QED) is 0.262. The smallest absolute Gasteiger partial charge is 0.225 e. The highest BCUT2D eigenvalue weighted by Crippen LogP contribution is 1.71. The van der Waals surface area contributed by atoms with Crippen molar-refractivity contribution in [2.45, 2.75) is 6.92 Å². The van der Waals surface area contributed by atoms with Crippen molar-refractivity contribution in [1.82, 2.24) is 10.6 Å². The molecule has 0 spiro atoms. The molecule has 0 atom stereocenters. The molecule has 0 radical (unpaired) electrons. The molecule has 0 rings (SSSR count). The summed E-state index contributed by atoms with van der Waals surface area (Å²) in [5, 5.41) is 8.02. The minimum atomic E-state index is -0.358. The lowest BCUT2D eigenvalue weighted by molar-refractivity contribution is -0.121.